The third kappa shape index (κ3) is 2.03. The third-order valence-electron chi connectivity index (χ3n) is 2.46. The molecule has 3 heterocycles. The number of rotatable bonds is 4. The van der Waals surface area contributed by atoms with Gasteiger partial charge in [-0.1, -0.05) is 6.07 Å². The van der Waals surface area contributed by atoms with Crippen LogP contribution in [0.4, 0.5) is 11.6 Å². The summed E-state index contributed by atoms with van der Waals surface area (Å²) >= 11 is 0. The first-order chi connectivity index (χ1) is 8.85. The molecule has 92 valence electrons. The summed E-state index contributed by atoms with van der Waals surface area (Å²) in [4.78, 5) is 4.32. The molecule has 0 radical (unpaired) electrons. The summed E-state index contributed by atoms with van der Waals surface area (Å²) in [6.45, 7) is 0.536. The van der Waals surface area contributed by atoms with Crippen LogP contribution in [-0.4, -0.2) is 36.1 Å². The molecule has 3 aromatic rings. The first-order valence-electron chi connectivity index (χ1n) is 5.57. The van der Waals surface area contributed by atoms with Gasteiger partial charge in [-0.25, -0.2) is 4.52 Å². The van der Waals surface area contributed by atoms with Crippen LogP contribution < -0.4 is 5.32 Å². The number of pyridine rings is 1. The topological polar surface area (TPSA) is 80.3 Å². The maximum Gasteiger partial charge on any atom is 0.247 e. The van der Waals surface area contributed by atoms with Crippen molar-refractivity contribution < 1.29 is 5.11 Å². The van der Waals surface area contributed by atoms with Gasteiger partial charge in [-0.2, -0.15) is 10.1 Å². The van der Waals surface area contributed by atoms with Gasteiger partial charge in [0.1, 0.15) is 0 Å². The fraction of sp³-hybridized carbons (Fsp3) is 0.182. The average Bonchev–Trinajstić information content (AvgIpc) is 2.96. The highest BCUT2D eigenvalue weighted by Crippen LogP contribution is 2.12. The maximum atomic E-state index is 8.80. The van der Waals surface area contributed by atoms with E-state index in [1.54, 1.807) is 21.6 Å². The van der Waals surface area contributed by atoms with Gasteiger partial charge in [0.15, 0.2) is 5.65 Å². The number of nitrogens with one attached hydrogen (secondary N) is 1. The lowest BCUT2D eigenvalue weighted by atomic mass is 10.5. The Hall–Kier alpha value is -2.41. The highest BCUT2D eigenvalue weighted by molar-refractivity contribution is 5.53. The Kier molecular flexibility index (Phi) is 2.66. The van der Waals surface area contributed by atoms with Gasteiger partial charge in [0.25, 0.3) is 0 Å². The summed E-state index contributed by atoms with van der Waals surface area (Å²) < 4.78 is 3.35. The van der Waals surface area contributed by atoms with Crippen molar-refractivity contribution in [1.29, 1.82) is 0 Å². The van der Waals surface area contributed by atoms with E-state index in [9.17, 15) is 0 Å². The average molecular weight is 244 g/mol. The normalized spacial score (nSPS) is 10.9. The van der Waals surface area contributed by atoms with Crippen molar-refractivity contribution in [3.05, 3.63) is 36.8 Å². The van der Waals surface area contributed by atoms with Crippen molar-refractivity contribution >= 4 is 17.3 Å². The van der Waals surface area contributed by atoms with E-state index < -0.39 is 0 Å². The number of nitrogens with zero attached hydrogens (tertiary/aromatic N) is 5. The van der Waals surface area contributed by atoms with Crippen molar-refractivity contribution in [3.63, 3.8) is 0 Å². The second-order valence-corrected chi connectivity index (χ2v) is 3.78. The van der Waals surface area contributed by atoms with E-state index in [-0.39, 0.29) is 6.61 Å². The smallest absolute Gasteiger partial charge is 0.247 e. The number of hydrogen-bond donors (Lipinski definition) is 2. The van der Waals surface area contributed by atoms with Crippen LogP contribution in [0.3, 0.4) is 0 Å². The lowest BCUT2D eigenvalue weighted by Crippen LogP contribution is -2.01. The Bertz CT molecular complexity index is 625. The largest absolute Gasteiger partial charge is 0.394 e. The molecular formula is C11H12N6O. The second-order valence-electron chi connectivity index (χ2n) is 3.78. The van der Waals surface area contributed by atoms with Crippen LogP contribution in [0.1, 0.15) is 0 Å². The highest BCUT2D eigenvalue weighted by atomic mass is 16.3. The van der Waals surface area contributed by atoms with Crippen molar-refractivity contribution in [2.75, 3.05) is 11.9 Å². The SMILES string of the molecule is OCCn1cc(Nc2nc3ccccn3n2)cn1. The standard InChI is InChI=1S/C11H12N6O/c18-6-5-16-8-9(7-12-16)13-11-14-10-3-1-2-4-17(10)15-11/h1-4,7-8,18H,5-6H2,(H,13,15). The second kappa shape index (κ2) is 4.46. The van der Waals surface area contributed by atoms with E-state index in [4.69, 9.17) is 5.11 Å². The zero-order chi connectivity index (χ0) is 12.4. The lowest BCUT2D eigenvalue weighted by molar-refractivity contribution is 0.269. The summed E-state index contributed by atoms with van der Waals surface area (Å²) in [6, 6.07) is 5.69. The molecule has 2 N–H and O–H groups in total. The van der Waals surface area contributed by atoms with Gasteiger partial charge in [0.05, 0.1) is 25.0 Å². The number of hydrogen-bond acceptors (Lipinski definition) is 5. The number of fused-ring (bicyclic) bond motifs is 1. The van der Waals surface area contributed by atoms with Gasteiger partial charge < -0.3 is 10.4 Å². The van der Waals surface area contributed by atoms with Gasteiger partial charge in [-0.05, 0) is 12.1 Å². The molecule has 3 rings (SSSR count). The fourth-order valence-corrected chi connectivity index (χ4v) is 1.67. The van der Waals surface area contributed by atoms with Gasteiger partial charge in [-0.15, -0.1) is 5.10 Å². The molecule has 0 atom stereocenters. The molecule has 7 nitrogen and oxygen atoms in total. The number of aromatic nitrogens is 5. The summed E-state index contributed by atoms with van der Waals surface area (Å²) in [5, 5.41) is 20.2. The Morgan fingerprint density at radius 3 is 3.11 bits per heavy atom. The van der Waals surface area contributed by atoms with E-state index in [0.29, 0.717) is 12.5 Å². The molecule has 0 bridgehead atoms. The third-order valence-corrected chi connectivity index (χ3v) is 2.46. The van der Waals surface area contributed by atoms with E-state index in [1.807, 2.05) is 24.4 Å². The minimum Gasteiger partial charge on any atom is -0.394 e. The van der Waals surface area contributed by atoms with E-state index in [2.05, 4.69) is 20.5 Å². The first-order valence-corrected chi connectivity index (χ1v) is 5.57. The van der Waals surface area contributed by atoms with Crippen molar-refractivity contribution in [3.8, 4) is 0 Å². The predicted octanol–water partition coefficient (Wildman–Crippen LogP) is 0.662. The Morgan fingerprint density at radius 2 is 2.28 bits per heavy atom. The highest BCUT2D eigenvalue weighted by Gasteiger charge is 2.04. The van der Waals surface area contributed by atoms with Crippen molar-refractivity contribution in [2.45, 2.75) is 6.54 Å². The number of aliphatic hydroxyl groups excluding tert-OH is 1. The van der Waals surface area contributed by atoms with Crippen molar-refractivity contribution in [1.82, 2.24) is 24.4 Å². The molecule has 0 saturated heterocycles. The molecule has 0 aliphatic rings. The molecule has 0 aromatic carbocycles. The predicted molar refractivity (Wildman–Crippen MR) is 65.6 cm³/mol. The minimum absolute atomic E-state index is 0.0632. The summed E-state index contributed by atoms with van der Waals surface area (Å²) in [6.07, 6.45) is 5.30. The van der Waals surface area contributed by atoms with Gasteiger partial charge in [0.2, 0.25) is 5.95 Å². The monoisotopic (exact) mass is 244 g/mol. The van der Waals surface area contributed by atoms with E-state index in [1.165, 1.54) is 0 Å². The Morgan fingerprint density at radius 1 is 1.33 bits per heavy atom. The molecule has 0 spiro atoms. The zero-order valence-electron chi connectivity index (χ0n) is 9.56. The Balaban J connectivity index is 1.82. The quantitative estimate of drug-likeness (QED) is 0.704. The van der Waals surface area contributed by atoms with Gasteiger partial charge in [-0.3, -0.25) is 4.68 Å². The van der Waals surface area contributed by atoms with E-state index >= 15 is 0 Å². The molecule has 0 unspecified atom stereocenters. The minimum atomic E-state index is 0.0632. The molecule has 0 aliphatic heterocycles. The number of anilines is 2. The summed E-state index contributed by atoms with van der Waals surface area (Å²) in [5.41, 5.74) is 1.57. The molecule has 0 aliphatic carbocycles. The zero-order valence-corrected chi connectivity index (χ0v) is 9.56. The van der Waals surface area contributed by atoms with Crippen LogP contribution >= 0.6 is 0 Å². The van der Waals surface area contributed by atoms with Crippen LogP contribution in [0.15, 0.2) is 36.8 Å². The summed E-state index contributed by atoms with van der Waals surface area (Å²) in [5.74, 6) is 0.518. The summed E-state index contributed by atoms with van der Waals surface area (Å²) in [7, 11) is 0. The van der Waals surface area contributed by atoms with Crippen LogP contribution in [0.25, 0.3) is 5.65 Å². The van der Waals surface area contributed by atoms with Crippen molar-refractivity contribution in [2.24, 2.45) is 0 Å². The van der Waals surface area contributed by atoms with Gasteiger partial charge >= 0.3 is 0 Å². The fourth-order valence-electron chi connectivity index (χ4n) is 1.67. The molecule has 7 heteroatoms. The lowest BCUT2D eigenvalue weighted by Gasteiger charge is -1.96. The first kappa shape index (κ1) is 10.7. The van der Waals surface area contributed by atoms with Crippen LogP contribution in [0, 0.1) is 0 Å². The maximum absolute atomic E-state index is 8.80. The molecule has 18 heavy (non-hydrogen) atoms. The molecule has 0 amide bonds. The van der Waals surface area contributed by atoms with Gasteiger partial charge in [0, 0.05) is 12.4 Å². The molecule has 0 saturated carbocycles. The molecule has 3 aromatic heterocycles. The van der Waals surface area contributed by atoms with Crippen LogP contribution in [0.5, 0.6) is 0 Å². The Labute approximate surface area is 103 Å². The van der Waals surface area contributed by atoms with E-state index in [0.717, 1.165) is 11.3 Å². The van der Waals surface area contributed by atoms with Crippen LogP contribution in [-0.2, 0) is 6.54 Å². The molecular weight excluding hydrogens is 232 g/mol. The molecule has 0 fully saturated rings. The number of aliphatic hydroxyl groups is 1. The van der Waals surface area contributed by atoms with Crippen LogP contribution in [0.2, 0.25) is 0 Å².